The lowest BCUT2D eigenvalue weighted by Gasteiger charge is -2.32. The molecule has 7 heteroatoms. The minimum absolute atomic E-state index is 0.238. The summed E-state index contributed by atoms with van der Waals surface area (Å²) in [4.78, 5) is 12.9. The van der Waals surface area contributed by atoms with Gasteiger partial charge in [0, 0.05) is 29.2 Å². The Labute approximate surface area is 193 Å². The Morgan fingerprint density at radius 1 is 0.938 bits per heavy atom. The van der Waals surface area contributed by atoms with E-state index in [1.807, 2.05) is 48.5 Å². The van der Waals surface area contributed by atoms with Crippen LogP contribution in [0.4, 0.5) is 5.69 Å². The van der Waals surface area contributed by atoms with Crippen molar-refractivity contribution in [2.24, 2.45) is 0 Å². The van der Waals surface area contributed by atoms with Crippen molar-refractivity contribution in [3.8, 4) is 11.1 Å². The monoisotopic (exact) mass is 466 g/mol. The molecule has 0 fully saturated rings. The molecule has 0 bridgehead atoms. The zero-order valence-electron chi connectivity index (χ0n) is 18.0. The third-order valence-electron chi connectivity index (χ3n) is 5.45. The van der Waals surface area contributed by atoms with Crippen molar-refractivity contribution in [1.82, 2.24) is 5.32 Å². The molecule has 4 rings (SSSR count). The maximum atomic E-state index is 13.3. The fourth-order valence-corrected chi connectivity index (χ4v) is 6.25. The standard InChI is InChI=1S/C25H26N2O3S2/c1-2-19-12-13-23-22(16-19)21-10-6-7-11-24(21)32(29,30)27(23)17-25(28)26-14-15-31-18-20-8-4-3-5-9-20/h3-13,16H,2,14-15,17-18H2,1H3,(H,26,28). The van der Waals surface area contributed by atoms with Crippen LogP contribution < -0.4 is 9.62 Å². The number of anilines is 1. The van der Waals surface area contributed by atoms with Gasteiger partial charge in [-0.2, -0.15) is 11.8 Å². The fraction of sp³-hybridized carbons (Fsp3) is 0.240. The minimum Gasteiger partial charge on any atom is -0.354 e. The van der Waals surface area contributed by atoms with Crippen LogP contribution in [0.1, 0.15) is 18.1 Å². The normalized spacial score (nSPS) is 13.8. The first-order chi connectivity index (χ1) is 15.5. The van der Waals surface area contributed by atoms with Gasteiger partial charge in [0.2, 0.25) is 5.91 Å². The number of carbonyl (C=O) groups is 1. The van der Waals surface area contributed by atoms with E-state index in [9.17, 15) is 13.2 Å². The molecule has 0 saturated carbocycles. The van der Waals surface area contributed by atoms with Crippen molar-refractivity contribution in [3.05, 3.63) is 83.9 Å². The van der Waals surface area contributed by atoms with E-state index in [0.717, 1.165) is 29.1 Å². The molecule has 3 aromatic carbocycles. The van der Waals surface area contributed by atoms with E-state index in [-0.39, 0.29) is 17.3 Å². The van der Waals surface area contributed by atoms with E-state index in [2.05, 4.69) is 24.4 Å². The number of thioether (sulfide) groups is 1. The molecule has 1 amide bonds. The number of nitrogens with zero attached hydrogens (tertiary/aromatic N) is 1. The van der Waals surface area contributed by atoms with E-state index in [1.165, 1.54) is 9.87 Å². The van der Waals surface area contributed by atoms with Gasteiger partial charge in [0.1, 0.15) is 6.54 Å². The molecule has 1 aliphatic heterocycles. The first-order valence-corrected chi connectivity index (χ1v) is 13.2. The van der Waals surface area contributed by atoms with Gasteiger partial charge in [-0.05, 0) is 35.7 Å². The van der Waals surface area contributed by atoms with Crippen molar-refractivity contribution in [3.63, 3.8) is 0 Å². The van der Waals surface area contributed by atoms with Crippen molar-refractivity contribution >= 4 is 33.4 Å². The van der Waals surface area contributed by atoms with Crippen molar-refractivity contribution < 1.29 is 13.2 Å². The Kier molecular flexibility index (Phi) is 6.86. The van der Waals surface area contributed by atoms with Gasteiger partial charge in [0.15, 0.2) is 0 Å². The van der Waals surface area contributed by atoms with Gasteiger partial charge in [-0.3, -0.25) is 9.10 Å². The molecule has 166 valence electrons. The number of sulfonamides is 1. The quantitative estimate of drug-likeness (QED) is 0.497. The second-order valence-electron chi connectivity index (χ2n) is 7.60. The molecule has 0 aliphatic carbocycles. The lowest BCUT2D eigenvalue weighted by atomic mass is 9.99. The van der Waals surface area contributed by atoms with E-state index < -0.39 is 10.0 Å². The SMILES string of the molecule is CCc1ccc2c(c1)-c1ccccc1S(=O)(=O)N2CC(=O)NCCSCc1ccccc1. The van der Waals surface area contributed by atoms with Crippen LogP contribution in [0.5, 0.6) is 0 Å². The summed E-state index contributed by atoms with van der Waals surface area (Å²) in [7, 11) is -3.81. The molecule has 1 N–H and O–H groups in total. The predicted molar refractivity (Wildman–Crippen MR) is 131 cm³/mol. The zero-order valence-corrected chi connectivity index (χ0v) is 19.6. The summed E-state index contributed by atoms with van der Waals surface area (Å²) >= 11 is 1.73. The van der Waals surface area contributed by atoms with E-state index in [4.69, 9.17) is 0 Å². The van der Waals surface area contributed by atoms with Crippen LogP contribution >= 0.6 is 11.8 Å². The molecule has 1 heterocycles. The van der Waals surface area contributed by atoms with Gasteiger partial charge >= 0.3 is 0 Å². The maximum absolute atomic E-state index is 13.3. The number of rotatable bonds is 8. The van der Waals surface area contributed by atoms with Crippen molar-refractivity contribution in [1.29, 1.82) is 0 Å². The molecular weight excluding hydrogens is 440 g/mol. The zero-order chi connectivity index (χ0) is 22.6. The lowest BCUT2D eigenvalue weighted by molar-refractivity contribution is -0.119. The van der Waals surface area contributed by atoms with Crippen molar-refractivity contribution in [2.75, 3.05) is 23.1 Å². The first kappa shape index (κ1) is 22.4. The molecule has 3 aromatic rings. The summed E-state index contributed by atoms with van der Waals surface area (Å²) < 4.78 is 27.9. The Hall–Kier alpha value is -2.77. The number of aryl methyl sites for hydroxylation is 1. The maximum Gasteiger partial charge on any atom is 0.265 e. The molecule has 1 aliphatic rings. The Morgan fingerprint density at radius 2 is 1.69 bits per heavy atom. The summed E-state index contributed by atoms with van der Waals surface area (Å²) in [5.74, 6) is 1.33. The third kappa shape index (κ3) is 4.69. The number of benzene rings is 3. The van der Waals surface area contributed by atoms with Crippen LogP contribution in [0.2, 0.25) is 0 Å². The highest BCUT2D eigenvalue weighted by Gasteiger charge is 2.35. The first-order valence-electron chi connectivity index (χ1n) is 10.6. The molecule has 0 atom stereocenters. The molecule has 0 aromatic heterocycles. The van der Waals surface area contributed by atoms with Crippen LogP contribution in [0.25, 0.3) is 11.1 Å². The molecule has 0 saturated heterocycles. The summed E-state index contributed by atoms with van der Waals surface area (Å²) in [5, 5.41) is 2.87. The predicted octanol–water partition coefficient (Wildman–Crippen LogP) is 4.47. The van der Waals surface area contributed by atoms with Crippen LogP contribution in [0, 0.1) is 0 Å². The average Bonchev–Trinajstić information content (AvgIpc) is 2.82. The van der Waals surface area contributed by atoms with Gasteiger partial charge in [-0.25, -0.2) is 8.42 Å². The van der Waals surface area contributed by atoms with Crippen LogP contribution in [-0.2, 0) is 27.0 Å². The largest absolute Gasteiger partial charge is 0.354 e. The van der Waals surface area contributed by atoms with Crippen LogP contribution in [-0.4, -0.2) is 33.2 Å². The molecular formula is C25H26N2O3S2. The van der Waals surface area contributed by atoms with Gasteiger partial charge in [0.05, 0.1) is 10.6 Å². The number of hydrogen-bond acceptors (Lipinski definition) is 4. The highest BCUT2D eigenvalue weighted by molar-refractivity contribution is 7.98. The summed E-state index contributed by atoms with van der Waals surface area (Å²) in [6, 6.07) is 22.9. The molecule has 5 nitrogen and oxygen atoms in total. The average molecular weight is 467 g/mol. The van der Waals surface area contributed by atoms with E-state index in [1.54, 1.807) is 23.9 Å². The van der Waals surface area contributed by atoms with Crippen molar-refractivity contribution in [2.45, 2.75) is 24.0 Å². The number of amides is 1. The number of nitrogens with one attached hydrogen (secondary N) is 1. The second-order valence-corrected chi connectivity index (χ2v) is 10.5. The van der Waals surface area contributed by atoms with Gasteiger partial charge in [-0.15, -0.1) is 0 Å². The van der Waals surface area contributed by atoms with Gasteiger partial charge in [-0.1, -0.05) is 61.5 Å². The van der Waals surface area contributed by atoms with E-state index in [0.29, 0.717) is 17.8 Å². The highest BCUT2D eigenvalue weighted by atomic mass is 32.2. The summed E-state index contributed by atoms with van der Waals surface area (Å²) in [5.41, 5.74) is 4.45. The summed E-state index contributed by atoms with van der Waals surface area (Å²) in [6.45, 7) is 2.31. The Balaban J connectivity index is 1.45. The topological polar surface area (TPSA) is 66.5 Å². The van der Waals surface area contributed by atoms with E-state index >= 15 is 0 Å². The van der Waals surface area contributed by atoms with Gasteiger partial charge < -0.3 is 5.32 Å². The molecule has 0 radical (unpaired) electrons. The third-order valence-corrected chi connectivity index (χ3v) is 8.30. The van der Waals surface area contributed by atoms with Gasteiger partial charge in [0.25, 0.3) is 10.0 Å². The lowest BCUT2D eigenvalue weighted by Crippen LogP contribution is -2.43. The smallest absolute Gasteiger partial charge is 0.265 e. The van der Waals surface area contributed by atoms with Crippen LogP contribution in [0.15, 0.2) is 77.7 Å². The minimum atomic E-state index is -3.81. The molecule has 0 unspecified atom stereocenters. The molecule has 0 spiro atoms. The summed E-state index contributed by atoms with van der Waals surface area (Å²) in [6.07, 6.45) is 0.851. The highest BCUT2D eigenvalue weighted by Crippen LogP contribution is 2.43. The fourth-order valence-electron chi connectivity index (χ4n) is 3.78. The Morgan fingerprint density at radius 3 is 2.47 bits per heavy atom. The number of fused-ring (bicyclic) bond motifs is 3. The number of hydrogen-bond donors (Lipinski definition) is 1. The second kappa shape index (κ2) is 9.79. The number of carbonyl (C=O) groups excluding carboxylic acids is 1. The molecule has 32 heavy (non-hydrogen) atoms. The Bertz CT molecular complexity index is 1210. The van der Waals surface area contributed by atoms with Crippen LogP contribution in [0.3, 0.4) is 0 Å².